The summed E-state index contributed by atoms with van der Waals surface area (Å²) < 4.78 is 13.2. The van der Waals surface area contributed by atoms with Crippen molar-refractivity contribution < 1.29 is 14.6 Å². The van der Waals surface area contributed by atoms with Gasteiger partial charge in [-0.1, -0.05) is 11.6 Å². The maximum atomic E-state index is 13.2. The van der Waals surface area contributed by atoms with E-state index in [9.17, 15) is 9.50 Å². The average molecular weight is 220 g/mol. The van der Waals surface area contributed by atoms with Crippen molar-refractivity contribution in [2.75, 3.05) is 6.61 Å². The molecular formula is C9H11ClFNO2. The van der Waals surface area contributed by atoms with Crippen LogP contribution in [0.5, 0.6) is 5.75 Å². The summed E-state index contributed by atoms with van der Waals surface area (Å²) in [6.45, 7) is -0.174. The van der Waals surface area contributed by atoms with Crippen molar-refractivity contribution in [3.8, 4) is 5.75 Å². The molecule has 1 aromatic carbocycles. The van der Waals surface area contributed by atoms with Gasteiger partial charge in [0.25, 0.3) is 0 Å². The Hall–Kier alpha value is -0.840. The number of halogens is 2. The third-order valence-electron chi connectivity index (χ3n) is 1.93. The van der Waals surface area contributed by atoms with Gasteiger partial charge < -0.3 is 15.9 Å². The van der Waals surface area contributed by atoms with Gasteiger partial charge in [-0.15, -0.1) is 0 Å². The Morgan fingerprint density at radius 3 is 2.71 bits per heavy atom. The van der Waals surface area contributed by atoms with Crippen molar-refractivity contribution in [3.63, 3.8) is 0 Å². The number of nitrogens with two attached hydrogens (primary N) is 1. The van der Waals surface area contributed by atoms with Crippen molar-refractivity contribution in [3.05, 3.63) is 28.5 Å². The SMILES string of the molecule is NC(CCO)c1c(F)ccc(Cl)c1O. The van der Waals surface area contributed by atoms with E-state index in [4.69, 9.17) is 22.4 Å². The molecule has 0 saturated carbocycles. The molecule has 0 bridgehead atoms. The van der Waals surface area contributed by atoms with Crippen LogP contribution in [0.4, 0.5) is 4.39 Å². The van der Waals surface area contributed by atoms with E-state index in [0.29, 0.717) is 0 Å². The minimum atomic E-state index is -0.751. The van der Waals surface area contributed by atoms with Crippen LogP contribution in [0.3, 0.4) is 0 Å². The highest BCUT2D eigenvalue weighted by Crippen LogP contribution is 2.33. The summed E-state index contributed by atoms with van der Waals surface area (Å²) in [6, 6.07) is 1.63. The zero-order valence-electron chi connectivity index (χ0n) is 7.37. The molecule has 0 heterocycles. The van der Waals surface area contributed by atoms with Crippen LogP contribution in [0.15, 0.2) is 12.1 Å². The van der Waals surface area contributed by atoms with E-state index in [0.717, 1.165) is 6.07 Å². The van der Waals surface area contributed by atoms with E-state index in [-0.39, 0.29) is 29.4 Å². The fraction of sp³-hybridized carbons (Fsp3) is 0.333. The highest BCUT2D eigenvalue weighted by atomic mass is 35.5. The molecule has 0 aliphatic rings. The number of hydrogen-bond donors (Lipinski definition) is 3. The van der Waals surface area contributed by atoms with Crippen LogP contribution in [0.2, 0.25) is 5.02 Å². The first-order valence-electron chi connectivity index (χ1n) is 4.11. The Bertz CT molecular complexity index is 333. The predicted octanol–water partition coefficient (Wildman–Crippen LogP) is 1.57. The van der Waals surface area contributed by atoms with Crippen molar-refractivity contribution in [1.82, 2.24) is 0 Å². The largest absolute Gasteiger partial charge is 0.506 e. The standard InChI is InChI=1S/C9H11ClFNO2/c10-5-1-2-6(11)8(9(5)14)7(12)3-4-13/h1-2,7,13-14H,3-4,12H2. The van der Waals surface area contributed by atoms with E-state index >= 15 is 0 Å². The Kier molecular flexibility index (Phi) is 3.69. The Balaban J connectivity index is 3.11. The molecule has 1 unspecified atom stereocenters. The van der Waals surface area contributed by atoms with Gasteiger partial charge in [0.15, 0.2) is 0 Å². The molecule has 14 heavy (non-hydrogen) atoms. The van der Waals surface area contributed by atoms with Crippen molar-refractivity contribution in [2.45, 2.75) is 12.5 Å². The highest BCUT2D eigenvalue weighted by molar-refractivity contribution is 6.32. The van der Waals surface area contributed by atoms with Gasteiger partial charge in [-0.25, -0.2) is 4.39 Å². The first kappa shape index (κ1) is 11.2. The van der Waals surface area contributed by atoms with Crippen LogP contribution in [0, 0.1) is 5.82 Å². The minimum Gasteiger partial charge on any atom is -0.506 e. The molecule has 1 atom stereocenters. The number of benzene rings is 1. The molecule has 5 heteroatoms. The predicted molar refractivity (Wildman–Crippen MR) is 51.7 cm³/mol. The van der Waals surface area contributed by atoms with Gasteiger partial charge >= 0.3 is 0 Å². The van der Waals surface area contributed by atoms with Crippen LogP contribution in [-0.2, 0) is 0 Å². The highest BCUT2D eigenvalue weighted by Gasteiger charge is 2.17. The van der Waals surface area contributed by atoms with Gasteiger partial charge in [0.2, 0.25) is 0 Å². The van der Waals surface area contributed by atoms with E-state index in [1.165, 1.54) is 6.07 Å². The number of rotatable bonds is 3. The summed E-state index contributed by atoms with van der Waals surface area (Å²) in [6.07, 6.45) is 0.171. The fourth-order valence-electron chi connectivity index (χ4n) is 1.19. The lowest BCUT2D eigenvalue weighted by Gasteiger charge is -2.13. The lowest BCUT2D eigenvalue weighted by Crippen LogP contribution is -2.14. The molecule has 0 aliphatic carbocycles. The van der Waals surface area contributed by atoms with Gasteiger partial charge in [0, 0.05) is 18.2 Å². The molecule has 1 rings (SSSR count). The van der Waals surface area contributed by atoms with E-state index in [2.05, 4.69) is 0 Å². The number of phenolic OH excluding ortho intramolecular Hbond substituents is 1. The third-order valence-corrected chi connectivity index (χ3v) is 2.23. The first-order valence-corrected chi connectivity index (χ1v) is 4.49. The van der Waals surface area contributed by atoms with E-state index in [1.54, 1.807) is 0 Å². The van der Waals surface area contributed by atoms with Gasteiger partial charge in [-0.3, -0.25) is 0 Å². The van der Waals surface area contributed by atoms with E-state index in [1.807, 2.05) is 0 Å². The number of aromatic hydroxyl groups is 1. The van der Waals surface area contributed by atoms with Gasteiger partial charge in [0.05, 0.1) is 5.02 Å². The van der Waals surface area contributed by atoms with Crippen LogP contribution in [-0.4, -0.2) is 16.8 Å². The number of aliphatic hydroxyl groups is 1. The molecule has 78 valence electrons. The summed E-state index contributed by atoms with van der Waals surface area (Å²) in [5, 5.41) is 18.1. The molecule has 4 N–H and O–H groups in total. The van der Waals surface area contributed by atoms with Crippen LogP contribution in [0.1, 0.15) is 18.0 Å². The molecule has 0 aliphatic heterocycles. The fourth-order valence-corrected chi connectivity index (χ4v) is 1.36. The second-order valence-electron chi connectivity index (χ2n) is 2.91. The maximum absolute atomic E-state index is 13.2. The van der Waals surface area contributed by atoms with Gasteiger partial charge in [-0.05, 0) is 18.6 Å². The molecular weight excluding hydrogens is 209 g/mol. The van der Waals surface area contributed by atoms with Crippen LogP contribution < -0.4 is 5.73 Å². The Morgan fingerprint density at radius 1 is 1.50 bits per heavy atom. The monoisotopic (exact) mass is 219 g/mol. The number of phenols is 1. The van der Waals surface area contributed by atoms with Gasteiger partial charge in [-0.2, -0.15) is 0 Å². The summed E-state index contributed by atoms with van der Waals surface area (Å²) in [4.78, 5) is 0. The average Bonchev–Trinajstić information content (AvgIpc) is 2.13. The first-order chi connectivity index (χ1) is 6.57. The normalized spacial score (nSPS) is 12.9. The Morgan fingerprint density at radius 2 is 2.14 bits per heavy atom. The lowest BCUT2D eigenvalue weighted by molar-refractivity contribution is 0.274. The van der Waals surface area contributed by atoms with Crippen molar-refractivity contribution in [1.29, 1.82) is 0 Å². The Labute approximate surface area is 85.9 Å². The minimum absolute atomic E-state index is 0.0495. The third kappa shape index (κ3) is 2.15. The van der Waals surface area contributed by atoms with Crippen molar-refractivity contribution in [2.24, 2.45) is 5.73 Å². The van der Waals surface area contributed by atoms with Gasteiger partial charge in [0.1, 0.15) is 11.6 Å². The summed E-state index contributed by atoms with van der Waals surface area (Å²) in [5.74, 6) is -0.972. The maximum Gasteiger partial charge on any atom is 0.141 e. The molecule has 0 radical (unpaired) electrons. The zero-order valence-corrected chi connectivity index (χ0v) is 8.13. The summed E-state index contributed by atoms with van der Waals surface area (Å²) in [7, 11) is 0. The van der Waals surface area contributed by atoms with Crippen molar-refractivity contribution >= 4 is 11.6 Å². The molecule has 3 nitrogen and oxygen atoms in total. The molecule has 0 saturated heterocycles. The van der Waals surface area contributed by atoms with E-state index < -0.39 is 11.9 Å². The molecule has 0 amide bonds. The molecule has 0 spiro atoms. The quantitative estimate of drug-likeness (QED) is 0.723. The molecule has 0 fully saturated rings. The zero-order chi connectivity index (χ0) is 10.7. The second-order valence-corrected chi connectivity index (χ2v) is 3.32. The van der Waals surface area contributed by atoms with Crippen LogP contribution >= 0.6 is 11.6 Å². The molecule has 0 aromatic heterocycles. The smallest absolute Gasteiger partial charge is 0.141 e. The summed E-state index contributed by atoms with van der Waals surface area (Å²) >= 11 is 5.60. The summed E-state index contributed by atoms with van der Waals surface area (Å²) in [5.41, 5.74) is 5.51. The number of aliphatic hydroxyl groups excluding tert-OH is 1. The number of hydrogen-bond acceptors (Lipinski definition) is 3. The molecule has 1 aromatic rings. The van der Waals surface area contributed by atoms with Crippen LogP contribution in [0.25, 0.3) is 0 Å². The topological polar surface area (TPSA) is 66.5 Å². The second kappa shape index (κ2) is 4.59. The lowest BCUT2D eigenvalue weighted by atomic mass is 10.0.